The molecule has 1 unspecified atom stereocenters. The zero-order chi connectivity index (χ0) is 19.5. The summed E-state index contributed by atoms with van der Waals surface area (Å²) in [6.07, 6.45) is -1.51. The molecule has 2 N–H and O–H groups in total. The van der Waals surface area contributed by atoms with Gasteiger partial charge in [0.1, 0.15) is 12.3 Å². The van der Waals surface area contributed by atoms with Crippen LogP contribution in [0.2, 0.25) is 0 Å². The quantitative estimate of drug-likeness (QED) is 0.633. The molecular weight excluding hydrogens is 371 g/mol. The van der Waals surface area contributed by atoms with Crippen molar-refractivity contribution in [1.29, 1.82) is 0 Å². The van der Waals surface area contributed by atoms with Gasteiger partial charge in [-0.2, -0.15) is 0 Å². The lowest BCUT2D eigenvalue weighted by Gasteiger charge is -2.19. The molecule has 1 aliphatic heterocycles. The Morgan fingerprint density at radius 3 is 2.81 bits per heavy atom. The Morgan fingerprint density at radius 2 is 2.19 bits per heavy atom. The van der Waals surface area contributed by atoms with Crippen LogP contribution < -0.4 is 11.2 Å². The first-order valence-electron chi connectivity index (χ1n) is 7.85. The second-order valence-corrected chi connectivity index (χ2v) is 7.57. The predicted octanol–water partition coefficient (Wildman–Crippen LogP) is 0.506. The second kappa shape index (κ2) is 8.28. The SMILES string of the molecule is CCOC(=O)P(=O)(OC)OC[C@H]1O[C@@H](n2cc(C)c(=O)[nH]c2=O)C[C@@H]1O. The number of aliphatic hydroxyl groups excluding tert-OH is 1. The lowest BCUT2D eigenvalue weighted by molar-refractivity contribution is -0.0428. The third kappa shape index (κ3) is 4.30. The first kappa shape index (κ1) is 20.5. The number of aryl methyl sites for hydroxylation is 1. The molecule has 1 aliphatic rings. The summed E-state index contributed by atoms with van der Waals surface area (Å²) < 4.78 is 33.3. The number of carbonyl (C=O) groups excluding carboxylic acids is 1. The van der Waals surface area contributed by atoms with Crippen molar-refractivity contribution < 1.29 is 33.0 Å². The van der Waals surface area contributed by atoms with Crippen LogP contribution in [0.1, 0.15) is 25.1 Å². The van der Waals surface area contributed by atoms with Crippen LogP contribution in [0.15, 0.2) is 15.8 Å². The van der Waals surface area contributed by atoms with E-state index in [4.69, 9.17) is 9.26 Å². The summed E-state index contributed by atoms with van der Waals surface area (Å²) in [5, 5.41) is 10.1. The maximum atomic E-state index is 12.3. The van der Waals surface area contributed by atoms with Crippen LogP contribution >= 0.6 is 7.60 Å². The van der Waals surface area contributed by atoms with E-state index >= 15 is 0 Å². The highest BCUT2D eigenvalue weighted by Gasteiger charge is 2.41. The molecule has 0 saturated carbocycles. The van der Waals surface area contributed by atoms with E-state index in [0.717, 1.165) is 11.7 Å². The van der Waals surface area contributed by atoms with Crippen molar-refractivity contribution in [1.82, 2.24) is 9.55 Å². The minimum absolute atomic E-state index is 0.00531. The number of aliphatic hydroxyl groups is 1. The van der Waals surface area contributed by atoms with Crippen molar-refractivity contribution >= 4 is 13.3 Å². The van der Waals surface area contributed by atoms with E-state index in [1.54, 1.807) is 0 Å². The van der Waals surface area contributed by atoms with Gasteiger partial charge in [0.2, 0.25) is 0 Å². The van der Waals surface area contributed by atoms with Crippen molar-refractivity contribution in [3.05, 3.63) is 32.6 Å². The molecule has 1 aromatic heterocycles. The van der Waals surface area contributed by atoms with Crippen molar-refractivity contribution in [2.75, 3.05) is 20.3 Å². The number of aromatic nitrogens is 2. The van der Waals surface area contributed by atoms with E-state index in [1.807, 2.05) is 0 Å². The van der Waals surface area contributed by atoms with Crippen molar-refractivity contribution in [2.24, 2.45) is 0 Å². The zero-order valence-corrected chi connectivity index (χ0v) is 15.4. The van der Waals surface area contributed by atoms with Crippen LogP contribution in [0.5, 0.6) is 0 Å². The van der Waals surface area contributed by atoms with Gasteiger partial charge in [0.15, 0.2) is 0 Å². The standard InChI is InChI=1S/C14H21N2O9P/c1-4-23-14(20)26(21,22-3)24-7-10-9(17)5-11(25-10)16-6-8(2)12(18)15-13(16)19/h6,9-11,17H,4-5,7H2,1-3H3,(H,15,18,19)/t9-,10+,11+,26?/m0/s1. The molecule has 0 aliphatic carbocycles. The van der Waals surface area contributed by atoms with Gasteiger partial charge in [-0.3, -0.25) is 18.9 Å². The van der Waals surface area contributed by atoms with Crippen LogP contribution in [0.4, 0.5) is 4.79 Å². The predicted molar refractivity (Wildman–Crippen MR) is 88.2 cm³/mol. The topological polar surface area (TPSA) is 146 Å². The summed E-state index contributed by atoms with van der Waals surface area (Å²) in [7, 11) is -3.13. The molecule has 26 heavy (non-hydrogen) atoms. The number of ether oxygens (including phenoxy) is 2. The molecule has 12 heteroatoms. The van der Waals surface area contributed by atoms with Gasteiger partial charge in [-0.1, -0.05) is 0 Å². The molecule has 0 radical (unpaired) electrons. The van der Waals surface area contributed by atoms with Gasteiger partial charge in [0.05, 0.1) is 19.3 Å². The maximum absolute atomic E-state index is 12.3. The number of nitrogens with one attached hydrogen (secondary N) is 1. The fraction of sp³-hybridized carbons (Fsp3) is 0.643. The zero-order valence-electron chi connectivity index (χ0n) is 14.5. The molecule has 146 valence electrons. The first-order chi connectivity index (χ1) is 12.2. The third-order valence-corrected chi connectivity index (χ3v) is 5.35. The van der Waals surface area contributed by atoms with Crippen LogP contribution in [0.25, 0.3) is 0 Å². The molecule has 0 bridgehead atoms. The molecule has 11 nitrogen and oxygen atoms in total. The number of aromatic amines is 1. The number of carbonyl (C=O) groups is 1. The molecule has 0 amide bonds. The Balaban J connectivity index is 2.08. The molecule has 4 atom stereocenters. The fourth-order valence-electron chi connectivity index (χ4n) is 2.39. The average molecular weight is 392 g/mol. The monoisotopic (exact) mass is 392 g/mol. The molecule has 1 fully saturated rings. The van der Waals surface area contributed by atoms with E-state index in [0.29, 0.717) is 5.56 Å². The Morgan fingerprint density at radius 1 is 1.50 bits per heavy atom. The number of nitrogens with zero attached hydrogens (tertiary/aromatic N) is 1. The molecule has 1 saturated heterocycles. The number of H-pyrrole nitrogens is 1. The summed E-state index contributed by atoms with van der Waals surface area (Å²) in [6.45, 7) is 2.64. The largest absolute Gasteiger partial charge is 0.457 e. The summed E-state index contributed by atoms with van der Waals surface area (Å²) in [6, 6.07) is 0. The van der Waals surface area contributed by atoms with E-state index in [-0.39, 0.29) is 13.0 Å². The van der Waals surface area contributed by atoms with Crippen molar-refractivity contribution in [3.8, 4) is 0 Å². The number of rotatable bonds is 7. The maximum Gasteiger partial charge on any atom is 0.438 e. The highest BCUT2D eigenvalue weighted by Crippen LogP contribution is 2.49. The number of hydrogen-bond acceptors (Lipinski definition) is 9. The van der Waals surface area contributed by atoms with Crippen LogP contribution in [-0.4, -0.2) is 52.9 Å². The Bertz CT molecular complexity index is 817. The Kier molecular flexibility index (Phi) is 6.53. The van der Waals surface area contributed by atoms with Crippen molar-refractivity contribution in [3.63, 3.8) is 0 Å². The van der Waals surface area contributed by atoms with E-state index < -0.39 is 49.6 Å². The highest BCUT2D eigenvalue weighted by atomic mass is 31.2. The van der Waals surface area contributed by atoms with Gasteiger partial charge in [-0.15, -0.1) is 0 Å². The van der Waals surface area contributed by atoms with Gasteiger partial charge in [-0.05, 0) is 13.8 Å². The lowest BCUT2D eigenvalue weighted by Crippen LogP contribution is -2.33. The molecule has 0 spiro atoms. The van der Waals surface area contributed by atoms with Gasteiger partial charge >= 0.3 is 19.0 Å². The minimum atomic E-state index is -4.17. The second-order valence-electron chi connectivity index (χ2n) is 5.59. The molecule has 2 rings (SSSR count). The van der Waals surface area contributed by atoms with Crippen LogP contribution in [0.3, 0.4) is 0 Å². The van der Waals surface area contributed by atoms with Gasteiger partial charge < -0.3 is 19.1 Å². The minimum Gasteiger partial charge on any atom is -0.457 e. The Labute approximate surface area is 148 Å². The summed E-state index contributed by atoms with van der Waals surface area (Å²) >= 11 is 0. The first-order valence-corrected chi connectivity index (χ1v) is 9.39. The van der Waals surface area contributed by atoms with Gasteiger partial charge in [-0.25, -0.2) is 14.2 Å². The van der Waals surface area contributed by atoms with Gasteiger partial charge in [0, 0.05) is 25.3 Å². The van der Waals surface area contributed by atoms with Crippen molar-refractivity contribution in [2.45, 2.75) is 38.7 Å². The summed E-state index contributed by atoms with van der Waals surface area (Å²) in [5.41, 5.74) is -2.04. The summed E-state index contributed by atoms with van der Waals surface area (Å²) in [4.78, 5) is 37.1. The number of hydrogen-bond donors (Lipinski definition) is 2. The van der Waals surface area contributed by atoms with E-state index in [1.165, 1.54) is 20.0 Å². The highest BCUT2D eigenvalue weighted by molar-refractivity contribution is 7.71. The molecule has 2 heterocycles. The smallest absolute Gasteiger partial charge is 0.438 e. The third-order valence-electron chi connectivity index (χ3n) is 3.80. The summed E-state index contributed by atoms with van der Waals surface area (Å²) in [5.74, 6) is 0. The Hall–Kier alpha value is -1.78. The van der Waals surface area contributed by atoms with E-state index in [9.17, 15) is 24.1 Å². The molecular formula is C14H21N2O9P. The van der Waals surface area contributed by atoms with Crippen LogP contribution in [0, 0.1) is 6.92 Å². The van der Waals surface area contributed by atoms with E-state index in [2.05, 4.69) is 14.2 Å². The average Bonchev–Trinajstić information content (AvgIpc) is 2.96. The van der Waals surface area contributed by atoms with Gasteiger partial charge in [0.25, 0.3) is 5.56 Å². The van der Waals surface area contributed by atoms with Crippen LogP contribution in [-0.2, 0) is 23.1 Å². The molecule has 0 aromatic carbocycles. The normalized spacial score (nSPS) is 25.0. The molecule has 1 aromatic rings. The fourth-order valence-corrected chi connectivity index (χ4v) is 3.38. The lowest BCUT2D eigenvalue weighted by atomic mass is 10.2.